The molecule has 1 aliphatic rings. The van der Waals surface area contributed by atoms with Crippen molar-refractivity contribution in [2.45, 2.75) is 33.0 Å². The number of rotatable bonds is 4. The number of anilines is 1. The van der Waals surface area contributed by atoms with Crippen LogP contribution in [0.1, 0.15) is 33.1 Å². The molecule has 5 nitrogen and oxygen atoms in total. The highest BCUT2D eigenvalue weighted by molar-refractivity contribution is 7.12. The predicted octanol–water partition coefficient (Wildman–Crippen LogP) is 4.82. The molecule has 0 saturated heterocycles. The van der Waals surface area contributed by atoms with E-state index >= 15 is 0 Å². The van der Waals surface area contributed by atoms with E-state index in [4.69, 9.17) is 0 Å². The van der Waals surface area contributed by atoms with E-state index in [2.05, 4.69) is 9.97 Å². The van der Waals surface area contributed by atoms with E-state index < -0.39 is 16.7 Å². The van der Waals surface area contributed by atoms with Gasteiger partial charge in [0.1, 0.15) is 16.5 Å². The zero-order chi connectivity index (χ0) is 23.0. The standard InChI is InChI=1S/C22H20F4N4OS/c1-13-3-4-16(11-18(13)23)15-7-9-29(10-8-15)20-27-14(2)30(21(31)28-20)12-17-5-6-19(32-17)22(24,25)26/h3-7,11H,8-10,12H2,1-2H3. The number of alkyl halides is 3. The number of halogens is 4. The lowest BCUT2D eigenvalue weighted by Gasteiger charge is -2.27. The van der Waals surface area contributed by atoms with Gasteiger partial charge in [0.2, 0.25) is 5.95 Å². The van der Waals surface area contributed by atoms with Gasteiger partial charge in [0.25, 0.3) is 0 Å². The van der Waals surface area contributed by atoms with E-state index in [0.717, 1.165) is 17.2 Å². The summed E-state index contributed by atoms with van der Waals surface area (Å²) in [6.45, 7) is 4.35. The molecule has 0 aliphatic carbocycles. The van der Waals surface area contributed by atoms with E-state index in [1.807, 2.05) is 17.0 Å². The van der Waals surface area contributed by atoms with Gasteiger partial charge < -0.3 is 4.90 Å². The minimum absolute atomic E-state index is 0.0191. The van der Waals surface area contributed by atoms with Crippen molar-refractivity contribution in [1.82, 2.24) is 14.5 Å². The molecule has 0 bridgehead atoms. The van der Waals surface area contributed by atoms with Gasteiger partial charge in [0, 0.05) is 18.0 Å². The minimum Gasteiger partial charge on any atom is -0.337 e. The summed E-state index contributed by atoms with van der Waals surface area (Å²) in [4.78, 5) is 22.6. The van der Waals surface area contributed by atoms with Crippen molar-refractivity contribution < 1.29 is 17.6 Å². The molecule has 0 amide bonds. The first-order chi connectivity index (χ1) is 15.1. The van der Waals surface area contributed by atoms with Crippen LogP contribution in [-0.2, 0) is 12.7 Å². The molecule has 0 saturated carbocycles. The third-order valence-corrected chi connectivity index (χ3v) is 6.48. The van der Waals surface area contributed by atoms with Crippen LogP contribution >= 0.6 is 11.3 Å². The van der Waals surface area contributed by atoms with E-state index in [9.17, 15) is 22.4 Å². The van der Waals surface area contributed by atoms with Crippen LogP contribution in [0.3, 0.4) is 0 Å². The Bertz CT molecular complexity index is 1250. The topological polar surface area (TPSA) is 51.0 Å². The monoisotopic (exact) mass is 464 g/mol. The SMILES string of the molecule is Cc1ccc(C2=CCN(c3nc(C)n(Cc4ccc(C(F)(F)F)s4)c(=O)n3)CC2)cc1F. The van der Waals surface area contributed by atoms with Crippen LogP contribution in [0.15, 0.2) is 41.2 Å². The first-order valence-corrected chi connectivity index (χ1v) is 10.8. The molecule has 168 valence electrons. The van der Waals surface area contributed by atoms with Gasteiger partial charge in [-0.2, -0.15) is 23.1 Å². The Morgan fingerprint density at radius 1 is 1.12 bits per heavy atom. The van der Waals surface area contributed by atoms with Crippen LogP contribution in [0.2, 0.25) is 0 Å². The Balaban J connectivity index is 1.51. The number of thiophene rings is 1. The highest BCUT2D eigenvalue weighted by Crippen LogP contribution is 2.34. The number of hydrogen-bond acceptors (Lipinski definition) is 5. The maximum absolute atomic E-state index is 13.9. The second-order valence-electron chi connectivity index (χ2n) is 7.59. The van der Waals surface area contributed by atoms with Gasteiger partial charge in [-0.1, -0.05) is 18.2 Å². The maximum atomic E-state index is 13.9. The summed E-state index contributed by atoms with van der Waals surface area (Å²) >= 11 is 0.599. The van der Waals surface area contributed by atoms with Crippen LogP contribution in [0.25, 0.3) is 5.57 Å². The summed E-state index contributed by atoms with van der Waals surface area (Å²) in [6, 6.07) is 7.52. The van der Waals surface area contributed by atoms with Crippen LogP contribution in [0.5, 0.6) is 0 Å². The van der Waals surface area contributed by atoms with Crippen molar-refractivity contribution in [1.29, 1.82) is 0 Å². The molecule has 3 heterocycles. The molecule has 1 aliphatic heterocycles. The largest absolute Gasteiger partial charge is 0.425 e. The smallest absolute Gasteiger partial charge is 0.337 e. The number of aromatic nitrogens is 3. The third kappa shape index (κ3) is 4.59. The zero-order valence-corrected chi connectivity index (χ0v) is 18.2. The van der Waals surface area contributed by atoms with Crippen LogP contribution < -0.4 is 10.6 Å². The molecule has 1 aromatic carbocycles. The lowest BCUT2D eigenvalue weighted by atomic mass is 9.98. The Kier molecular flexibility index (Phi) is 5.89. The molecule has 0 spiro atoms. The van der Waals surface area contributed by atoms with Gasteiger partial charge in [0.05, 0.1) is 6.54 Å². The molecular weight excluding hydrogens is 444 g/mol. The molecule has 3 aromatic rings. The molecule has 0 atom stereocenters. The van der Waals surface area contributed by atoms with E-state index in [-0.39, 0.29) is 18.3 Å². The van der Waals surface area contributed by atoms with E-state index in [0.29, 0.717) is 47.1 Å². The maximum Gasteiger partial charge on any atom is 0.425 e. The minimum atomic E-state index is -4.41. The molecule has 2 aromatic heterocycles. The second-order valence-corrected chi connectivity index (χ2v) is 8.76. The van der Waals surface area contributed by atoms with Gasteiger partial charge in [-0.05, 0) is 55.2 Å². The fourth-order valence-corrected chi connectivity index (χ4v) is 4.38. The highest BCUT2D eigenvalue weighted by atomic mass is 32.1. The Morgan fingerprint density at radius 2 is 1.91 bits per heavy atom. The van der Waals surface area contributed by atoms with Crippen molar-refractivity contribution in [3.8, 4) is 0 Å². The van der Waals surface area contributed by atoms with Crippen molar-refractivity contribution in [2.24, 2.45) is 0 Å². The zero-order valence-electron chi connectivity index (χ0n) is 17.4. The summed E-state index contributed by atoms with van der Waals surface area (Å²) in [5.41, 5.74) is 1.87. The first kappa shape index (κ1) is 22.2. The summed E-state index contributed by atoms with van der Waals surface area (Å²) in [5.74, 6) is 0.398. The van der Waals surface area contributed by atoms with E-state index in [1.54, 1.807) is 19.9 Å². The quantitative estimate of drug-likeness (QED) is 0.520. The van der Waals surface area contributed by atoms with Gasteiger partial charge in [0.15, 0.2) is 0 Å². The lowest BCUT2D eigenvalue weighted by Crippen LogP contribution is -2.35. The second kappa shape index (κ2) is 8.50. The summed E-state index contributed by atoms with van der Waals surface area (Å²) in [5, 5.41) is 0. The highest BCUT2D eigenvalue weighted by Gasteiger charge is 2.32. The summed E-state index contributed by atoms with van der Waals surface area (Å²) in [7, 11) is 0. The lowest BCUT2D eigenvalue weighted by molar-refractivity contribution is -0.134. The Labute approximate surface area is 185 Å². The molecule has 4 rings (SSSR count). The van der Waals surface area contributed by atoms with Crippen molar-refractivity contribution in [3.05, 3.63) is 79.4 Å². The van der Waals surface area contributed by atoms with Gasteiger partial charge in [-0.15, -0.1) is 11.3 Å². The van der Waals surface area contributed by atoms with Crippen LogP contribution in [0.4, 0.5) is 23.5 Å². The number of aryl methyl sites for hydroxylation is 2. The van der Waals surface area contributed by atoms with Crippen molar-refractivity contribution in [3.63, 3.8) is 0 Å². The van der Waals surface area contributed by atoms with E-state index in [1.165, 1.54) is 16.7 Å². The molecule has 0 fully saturated rings. The van der Waals surface area contributed by atoms with Crippen LogP contribution in [-0.4, -0.2) is 27.6 Å². The fourth-order valence-electron chi connectivity index (χ4n) is 3.51. The summed E-state index contributed by atoms with van der Waals surface area (Å²) in [6.07, 6.45) is -1.81. The Morgan fingerprint density at radius 3 is 2.50 bits per heavy atom. The molecule has 0 N–H and O–H groups in total. The first-order valence-electron chi connectivity index (χ1n) is 9.93. The number of hydrogen-bond donors (Lipinski definition) is 0. The number of nitrogens with zero attached hydrogens (tertiary/aromatic N) is 4. The average molecular weight is 464 g/mol. The molecule has 0 radical (unpaired) electrons. The molecular formula is C22H20F4N4OS. The van der Waals surface area contributed by atoms with Gasteiger partial charge in [-0.3, -0.25) is 4.57 Å². The van der Waals surface area contributed by atoms with Gasteiger partial charge >= 0.3 is 11.9 Å². The van der Waals surface area contributed by atoms with Gasteiger partial charge in [-0.25, -0.2) is 9.18 Å². The molecule has 10 heteroatoms. The Hall–Kier alpha value is -3.01. The average Bonchev–Trinajstić information content (AvgIpc) is 3.22. The summed E-state index contributed by atoms with van der Waals surface area (Å²) < 4.78 is 53.6. The molecule has 32 heavy (non-hydrogen) atoms. The van der Waals surface area contributed by atoms with Crippen LogP contribution in [0, 0.1) is 19.7 Å². The predicted molar refractivity (Wildman–Crippen MR) is 115 cm³/mol. The third-order valence-electron chi connectivity index (χ3n) is 5.37. The normalized spacial score (nSPS) is 14.6. The molecule has 0 unspecified atom stereocenters. The fraction of sp³-hybridized carbons (Fsp3) is 0.318. The van der Waals surface area contributed by atoms with Crippen molar-refractivity contribution in [2.75, 3.05) is 18.0 Å². The van der Waals surface area contributed by atoms with Crippen molar-refractivity contribution >= 4 is 22.9 Å². The number of benzene rings is 1.